The maximum atomic E-state index is 12.3. The molecule has 0 radical (unpaired) electrons. The van der Waals surface area contributed by atoms with Crippen LogP contribution < -0.4 is 10.1 Å². The summed E-state index contributed by atoms with van der Waals surface area (Å²) in [5.74, 6) is 1.76. The highest BCUT2D eigenvalue weighted by molar-refractivity contribution is 5.91. The van der Waals surface area contributed by atoms with Crippen molar-refractivity contribution in [3.63, 3.8) is 0 Å². The van der Waals surface area contributed by atoms with Gasteiger partial charge in [0.15, 0.2) is 5.69 Å². The van der Waals surface area contributed by atoms with E-state index in [1.165, 1.54) is 11.8 Å². The van der Waals surface area contributed by atoms with Gasteiger partial charge in [-0.1, -0.05) is 60.7 Å². The Hall–Kier alpha value is -3.94. The van der Waals surface area contributed by atoms with E-state index in [2.05, 4.69) is 40.3 Å². The van der Waals surface area contributed by atoms with Crippen molar-refractivity contribution < 1.29 is 18.7 Å². The molecular weight excluding hydrogens is 454 g/mol. The van der Waals surface area contributed by atoms with Crippen molar-refractivity contribution in [1.29, 1.82) is 0 Å². The van der Waals surface area contributed by atoms with Crippen LogP contribution in [0.3, 0.4) is 0 Å². The van der Waals surface area contributed by atoms with Gasteiger partial charge >= 0.3 is 0 Å². The van der Waals surface area contributed by atoms with Gasteiger partial charge in [-0.05, 0) is 42.3 Å². The van der Waals surface area contributed by atoms with Crippen molar-refractivity contribution in [3.05, 3.63) is 114 Å². The van der Waals surface area contributed by atoms with Crippen molar-refractivity contribution in [2.75, 3.05) is 20.3 Å². The molecular formula is C29H31N3O4. The Labute approximate surface area is 211 Å². The lowest BCUT2D eigenvalue weighted by atomic mass is 10.1. The number of aromatic nitrogens is 1. The number of hydrogen-bond acceptors (Lipinski definition) is 6. The summed E-state index contributed by atoms with van der Waals surface area (Å²) in [5.41, 5.74) is 2.53. The number of methoxy groups -OCH3 is 1. The van der Waals surface area contributed by atoms with E-state index in [9.17, 15) is 4.79 Å². The largest absolute Gasteiger partial charge is 0.457 e. The van der Waals surface area contributed by atoms with Gasteiger partial charge in [-0.15, -0.1) is 0 Å². The smallest absolute Gasteiger partial charge is 0.273 e. The second-order valence-electron chi connectivity index (χ2n) is 8.43. The average molecular weight is 486 g/mol. The Balaban J connectivity index is 1.51. The highest BCUT2D eigenvalue weighted by Gasteiger charge is 2.20. The maximum absolute atomic E-state index is 12.3. The number of nitrogens with one attached hydrogen (secondary N) is 1. The third kappa shape index (κ3) is 7.04. The number of carbonyl (C=O) groups excluding carboxylic acids is 1. The highest BCUT2D eigenvalue weighted by Crippen LogP contribution is 2.27. The number of ether oxygens (including phenoxy) is 2. The molecule has 7 heteroatoms. The highest BCUT2D eigenvalue weighted by atomic mass is 16.5. The molecule has 3 aromatic carbocycles. The summed E-state index contributed by atoms with van der Waals surface area (Å²) < 4.78 is 16.7. The number of oxazole rings is 1. The quantitative estimate of drug-likeness (QED) is 0.263. The molecule has 1 aromatic heterocycles. The second-order valence-corrected chi connectivity index (χ2v) is 8.43. The zero-order valence-electron chi connectivity index (χ0n) is 20.6. The van der Waals surface area contributed by atoms with Crippen LogP contribution >= 0.6 is 0 Å². The molecule has 4 aromatic rings. The van der Waals surface area contributed by atoms with Crippen molar-refractivity contribution >= 4 is 5.91 Å². The van der Waals surface area contributed by atoms with E-state index in [0.717, 1.165) is 17.1 Å². The fraction of sp³-hybridized carbons (Fsp3) is 0.241. The summed E-state index contributed by atoms with van der Waals surface area (Å²) in [7, 11) is 1.59. The van der Waals surface area contributed by atoms with E-state index in [4.69, 9.17) is 13.9 Å². The Morgan fingerprint density at radius 2 is 1.69 bits per heavy atom. The number of carbonyl (C=O) groups is 1. The van der Waals surface area contributed by atoms with Gasteiger partial charge in [-0.2, -0.15) is 0 Å². The van der Waals surface area contributed by atoms with Crippen LogP contribution in [0.25, 0.3) is 0 Å². The summed E-state index contributed by atoms with van der Waals surface area (Å²) in [6.45, 7) is 4.08. The van der Waals surface area contributed by atoms with E-state index in [1.54, 1.807) is 7.11 Å². The van der Waals surface area contributed by atoms with Gasteiger partial charge in [0.25, 0.3) is 5.91 Å². The molecule has 0 aliphatic carbocycles. The molecule has 1 amide bonds. The summed E-state index contributed by atoms with van der Waals surface area (Å²) in [4.78, 5) is 19.0. The topological polar surface area (TPSA) is 76.8 Å². The summed E-state index contributed by atoms with van der Waals surface area (Å²) in [6, 6.07) is 28.2. The van der Waals surface area contributed by atoms with Crippen LogP contribution in [0.15, 0.2) is 95.6 Å². The van der Waals surface area contributed by atoms with Crippen molar-refractivity contribution in [2.45, 2.75) is 26.1 Å². The van der Waals surface area contributed by atoms with Crippen LogP contribution in [-0.4, -0.2) is 36.1 Å². The third-order valence-electron chi connectivity index (χ3n) is 5.81. The Bertz CT molecular complexity index is 1230. The molecule has 1 unspecified atom stereocenters. The van der Waals surface area contributed by atoms with E-state index >= 15 is 0 Å². The first-order chi connectivity index (χ1) is 17.6. The fourth-order valence-electron chi connectivity index (χ4n) is 3.86. The summed E-state index contributed by atoms with van der Waals surface area (Å²) in [6.07, 6.45) is 1.40. The molecule has 0 bridgehead atoms. The minimum atomic E-state index is -0.282. The van der Waals surface area contributed by atoms with E-state index < -0.39 is 0 Å². The fourth-order valence-corrected chi connectivity index (χ4v) is 3.86. The number of rotatable bonds is 12. The Morgan fingerprint density at radius 1 is 0.972 bits per heavy atom. The van der Waals surface area contributed by atoms with Gasteiger partial charge in [0.05, 0.1) is 13.2 Å². The minimum absolute atomic E-state index is 0.0794. The molecule has 0 fully saturated rings. The molecule has 1 atom stereocenters. The zero-order chi connectivity index (χ0) is 25.2. The molecule has 186 valence electrons. The van der Waals surface area contributed by atoms with Gasteiger partial charge in [-0.3, -0.25) is 9.69 Å². The van der Waals surface area contributed by atoms with Crippen molar-refractivity contribution in [3.8, 4) is 11.5 Å². The van der Waals surface area contributed by atoms with Crippen LogP contribution in [0.5, 0.6) is 11.5 Å². The number of hydrogen-bond donors (Lipinski definition) is 1. The number of para-hydroxylation sites is 1. The SMILES string of the molecule is COCCNC(=O)c1coc(CN(Cc2cccc(Oc3ccccc3)c2)C(C)c2ccccc2)n1. The van der Waals surface area contributed by atoms with Gasteiger partial charge < -0.3 is 19.2 Å². The molecule has 7 nitrogen and oxygen atoms in total. The van der Waals surface area contributed by atoms with Crippen LogP contribution in [0.1, 0.15) is 40.5 Å². The normalized spacial score (nSPS) is 11.9. The van der Waals surface area contributed by atoms with Gasteiger partial charge in [0, 0.05) is 26.2 Å². The van der Waals surface area contributed by atoms with Crippen LogP contribution in [-0.2, 0) is 17.8 Å². The molecule has 4 rings (SSSR count). The molecule has 0 spiro atoms. The Morgan fingerprint density at radius 3 is 2.44 bits per heavy atom. The molecule has 1 heterocycles. The monoisotopic (exact) mass is 485 g/mol. The van der Waals surface area contributed by atoms with Gasteiger partial charge in [0.2, 0.25) is 5.89 Å². The van der Waals surface area contributed by atoms with Gasteiger partial charge in [-0.25, -0.2) is 4.98 Å². The van der Waals surface area contributed by atoms with E-state index in [1.807, 2.05) is 66.7 Å². The number of amides is 1. The first kappa shape index (κ1) is 25.2. The lowest BCUT2D eigenvalue weighted by Gasteiger charge is -2.28. The first-order valence-electron chi connectivity index (χ1n) is 11.9. The van der Waals surface area contributed by atoms with Crippen LogP contribution in [0.2, 0.25) is 0 Å². The molecule has 0 saturated heterocycles. The summed E-state index contributed by atoms with van der Waals surface area (Å²) in [5, 5.41) is 2.77. The average Bonchev–Trinajstić information content (AvgIpc) is 3.38. The zero-order valence-corrected chi connectivity index (χ0v) is 20.6. The van der Waals surface area contributed by atoms with Crippen molar-refractivity contribution in [1.82, 2.24) is 15.2 Å². The maximum Gasteiger partial charge on any atom is 0.273 e. The number of benzene rings is 3. The lowest BCUT2D eigenvalue weighted by Crippen LogP contribution is -2.28. The van der Waals surface area contributed by atoms with Crippen LogP contribution in [0.4, 0.5) is 0 Å². The van der Waals surface area contributed by atoms with E-state index in [0.29, 0.717) is 32.1 Å². The third-order valence-corrected chi connectivity index (χ3v) is 5.81. The molecule has 0 aliphatic heterocycles. The predicted molar refractivity (Wildman–Crippen MR) is 138 cm³/mol. The molecule has 0 saturated carbocycles. The minimum Gasteiger partial charge on any atom is -0.457 e. The van der Waals surface area contributed by atoms with Crippen molar-refractivity contribution in [2.24, 2.45) is 0 Å². The first-order valence-corrected chi connectivity index (χ1v) is 11.9. The lowest BCUT2D eigenvalue weighted by molar-refractivity contribution is 0.0932. The van der Waals surface area contributed by atoms with Crippen LogP contribution in [0, 0.1) is 0 Å². The second kappa shape index (κ2) is 12.7. The Kier molecular flexibility index (Phi) is 8.86. The summed E-state index contributed by atoms with van der Waals surface area (Å²) >= 11 is 0. The molecule has 1 N–H and O–H groups in total. The standard InChI is InChI=1S/C29H31N3O4/c1-22(24-11-5-3-6-12-24)32(20-28-31-27(21-35-28)29(33)30-16-17-34-2)19-23-10-9-15-26(18-23)36-25-13-7-4-8-14-25/h3-15,18,21-22H,16-17,19-20H2,1-2H3,(H,30,33). The molecule has 0 aliphatic rings. The predicted octanol–water partition coefficient (Wildman–Crippen LogP) is 5.61. The van der Waals surface area contributed by atoms with E-state index in [-0.39, 0.29) is 17.6 Å². The number of nitrogens with zero attached hydrogens (tertiary/aromatic N) is 2. The van der Waals surface area contributed by atoms with Gasteiger partial charge in [0.1, 0.15) is 17.8 Å². The molecule has 36 heavy (non-hydrogen) atoms.